The summed E-state index contributed by atoms with van der Waals surface area (Å²) < 4.78 is 136. The molecule has 0 unspecified atom stereocenters. The minimum Gasteiger partial charge on any atom is -0.504 e. The van der Waals surface area contributed by atoms with Crippen LogP contribution < -0.4 is 21.7 Å². The second kappa shape index (κ2) is 15.1. The molecule has 56 heavy (non-hydrogen) atoms. The summed E-state index contributed by atoms with van der Waals surface area (Å²) in [5.74, 6) is -5.07. The van der Waals surface area contributed by atoms with Crippen LogP contribution in [-0.2, 0) is 59.7 Å². The summed E-state index contributed by atoms with van der Waals surface area (Å²) in [6.07, 6.45) is -3.30. The second-order valence-corrected chi connectivity index (χ2v) is 17.7. The zero-order valence-corrected chi connectivity index (χ0v) is 31.2. The lowest BCUT2D eigenvalue weighted by molar-refractivity contribution is 0.457. The molecular weight excluding hydrogens is 833 g/mol. The SMILES string of the molecule is Cc1cc(S(=O)(=O)O)cc(Cc2cc(S(=O)(=O)O)cc(Cc3cc(S(=O)(=O)O)cc(Cc4cc(S(=O)(=O)O)ccc(=O)c4O)c(O)c3=O)c(O)c2=O)c(=O)c1O. The molecule has 20 nitrogen and oxygen atoms in total. The van der Waals surface area contributed by atoms with E-state index in [9.17, 15) is 91.5 Å². The first-order chi connectivity index (χ1) is 25.5. The van der Waals surface area contributed by atoms with Gasteiger partial charge < -0.3 is 20.4 Å². The van der Waals surface area contributed by atoms with Crippen molar-refractivity contribution >= 4 is 40.5 Å². The number of rotatable bonds is 10. The van der Waals surface area contributed by atoms with Gasteiger partial charge in [0.2, 0.25) is 21.7 Å². The van der Waals surface area contributed by atoms with Crippen LogP contribution in [0.5, 0.6) is 23.0 Å². The van der Waals surface area contributed by atoms with Gasteiger partial charge in [0.1, 0.15) is 0 Å². The lowest BCUT2D eigenvalue weighted by Crippen LogP contribution is -2.14. The van der Waals surface area contributed by atoms with Gasteiger partial charge in [-0.2, -0.15) is 33.7 Å². The molecule has 0 aliphatic carbocycles. The Bertz CT molecular complexity index is 3070. The van der Waals surface area contributed by atoms with E-state index in [-0.39, 0.29) is 5.56 Å². The molecule has 0 fully saturated rings. The first-order valence-corrected chi connectivity index (χ1v) is 20.7. The zero-order chi connectivity index (χ0) is 42.5. The summed E-state index contributed by atoms with van der Waals surface area (Å²) in [6, 6.07) is 4.58. The summed E-state index contributed by atoms with van der Waals surface area (Å²) >= 11 is 0. The molecule has 0 radical (unpaired) electrons. The zero-order valence-electron chi connectivity index (χ0n) is 27.9. The normalized spacial score (nSPS) is 12.3. The molecule has 0 bridgehead atoms. The van der Waals surface area contributed by atoms with Gasteiger partial charge in [0.15, 0.2) is 23.0 Å². The molecule has 8 N–H and O–H groups in total. The van der Waals surface area contributed by atoms with Crippen molar-refractivity contribution in [2.45, 2.75) is 45.8 Å². The van der Waals surface area contributed by atoms with E-state index in [2.05, 4.69) is 0 Å². The Morgan fingerprint density at radius 1 is 0.393 bits per heavy atom. The highest BCUT2D eigenvalue weighted by Gasteiger charge is 2.24. The van der Waals surface area contributed by atoms with Gasteiger partial charge in [-0.25, -0.2) is 0 Å². The lowest BCUT2D eigenvalue weighted by Gasteiger charge is -2.04. The van der Waals surface area contributed by atoms with Crippen LogP contribution in [0, 0.1) is 6.92 Å². The Kier molecular flexibility index (Phi) is 11.7. The average Bonchev–Trinajstić information content (AvgIpc) is 3.40. The standard InChI is InChI=1S/C32H26O20S4/c1-14-4-22(54(44,45)46)9-16(28(36)26(14)34)6-18-11-24(56(50,51)52)13-20(32(40)30(18)38)7-19-12-23(55(47,48)49)10-17(29(37)31(19)39)5-15-8-21(53(41,42)43)2-3-25(33)27(15)35/h2-4,8-13H,5-7H2,1H3,(H,33,35)(H,34,36)(H,37,39)(H,38,40)(H,41,42,43)(H,44,45,46)(H,47,48,49)(H,50,51,52). The number of aromatic hydroxyl groups is 4. The Morgan fingerprint density at radius 3 is 1.07 bits per heavy atom. The molecule has 0 aliphatic rings. The Morgan fingerprint density at radius 2 is 0.679 bits per heavy atom. The van der Waals surface area contributed by atoms with Crippen LogP contribution in [0.3, 0.4) is 0 Å². The first-order valence-electron chi connectivity index (χ1n) is 14.9. The summed E-state index contributed by atoms with van der Waals surface area (Å²) in [5, 5.41) is 42.7. The molecule has 4 rings (SSSR count). The molecule has 0 atom stereocenters. The maximum absolute atomic E-state index is 13.6. The van der Waals surface area contributed by atoms with Gasteiger partial charge in [0.25, 0.3) is 40.5 Å². The molecule has 0 heterocycles. The number of aryl methyl sites for hydroxylation is 1. The van der Waals surface area contributed by atoms with Crippen LogP contribution in [0.2, 0.25) is 0 Å². The van der Waals surface area contributed by atoms with Crippen LogP contribution in [0.1, 0.15) is 38.9 Å². The highest BCUT2D eigenvalue weighted by molar-refractivity contribution is 7.86. The van der Waals surface area contributed by atoms with Crippen molar-refractivity contribution < 1.29 is 72.3 Å². The highest BCUT2D eigenvalue weighted by atomic mass is 32.2. The van der Waals surface area contributed by atoms with Crippen molar-refractivity contribution in [2.75, 3.05) is 0 Å². The fourth-order valence-corrected chi connectivity index (χ4v) is 7.54. The van der Waals surface area contributed by atoms with Crippen molar-refractivity contribution in [3.8, 4) is 23.0 Å². The van der Waals surface area contributed by atoms with Gasteiger partial charge in [-0.3, -0.25) is 37.4 Å². The number of hydrogen-bond donors (Lipinski definition) is 8. The Hall–Kier alpha value is -5.60. The lowest BCUT2D eigenvalue weighted by atomic mass is 10.0. The Labute approximate surface area is 314 Å². The van der Waals surface area contributed by atoms with Crippen LogP contribution >= 0.6 is 0 Å². The first kappa shape index (κ1) is 43.1. The van der Waals surface area contributed by atoms with E-state index in [1.807, 2.05) is 0 Å². The molecule has 298 valence electrons. The third-order valence-corrected chi connectivity index (χ3v) is 11.4. The summed E-state index contributed by atoms with van der Waals surface area (Å²) in [7, 11) is -20.9. The van der Waals surface area contributed by atoms with E-state index < -0.39 is 157 Å². The predicted octanol–water partition coefficient (Wildman–Crippen LogP) is 0.0174. The van der Waals surface area contributed by atoms with Crippen molar-refractivity contribution in [2.24, 2.45) is 0 Å². The van der Waals surface area contributed by atoms with E-state index in [1.165, 1.54) is 0 Å². The van der Waals surface area contributed by atoms with E-state index >= 15 is 0 Å². The highest BCUT2D eigenvalue weighted by Crippen LogP contribution is 2.28. The molecule has 4 aromatic carbocycles. The Balaban J connectivity index is 2.02. The predicted molar refractivity (Wildman–Crippen MR) is 190 cm³/mol. The van der Waals surface area contributed by atoms with E-state index in [0.29, 0.717) is 54.6 Å². The van der Waals surface area contributed by atoms with Crippen LogP contribution in [0.15, 0.2) is 93.4 Å². The average molecular weight is 859 g/mol. The van der Waals surface area contributed by atoms with Crippen molar-refractivity contribution in [3.05, 3.63) is 134 Å². The van der Waals surface area contributed by atoms with Crippen LogP contribution in [0.25, 0.3) is 0 Å². The molecule has 0 saturated heterocycles. The fourth-order valence-electron chi connectivity index (χ4n) is 5.23. The van der Waals surface area contributed by atoms with Gasteiger partial charge in [-0.1, -0.05) is 0 Å². The number of hydrogen-bond acceptors (Lipinski definition) is 16. The molecule has 0 amide bonds. The topological polar surface area (TPSA) is 367 Å². The molecular formula is C32H26O20S4. The van der Waals surface area contributed by atoms with Crippen LogP contribution in [0.4, 0.5) is 0 Å². The van der Waals surface area contributed by atoms with E-state index in [4.69, 9.17) is 0 Å². The van der Waals surface area contributed by atoms with E-state index in [0.717, 1.165) is 6.92 Å². The molecule has 0 aliphatic heterocycles. The van der Waals surface area contributed by atoms with Gasteiger partial charge in [0, 0.05) is 52.6 Å². The summed E-state index contributed by atoms with van der Waals surface area (Å²) in [4.78, 5) is 48.0. The van der Waals surface area contributed by atoms with Gasteiger partial charge >= 0.3 is 0 Å². The third-order valence-electron chi connectivity index (χ3n) is 8.03. The largest absolute Gasteiger partial charge is 0.504 e. The van der Waals surface area contributed by atoms with Gasteiger partial charge in [0.05, 0.1) is 19.6 Å². The monoisotopic (exact) mass is 858 g/mol. The minimum atomic E-state index is -5.40. The maximum atomic E-state index is 13.6. The third kappa shape index (κ3) is 9.43. The molecule has 24 heteroatoms. The fraction of sp³-hybridized carbons (Fsp3) is 0.125. The van der Waals surface area contributed by atoms with E-state index in [1.54, 1.807) is 0 Å². The molecule has 4 aromatic rings. The molecule has 0 spiro atoms. The van der Waals surface area contributed by atoms with Crippen molar-refractivity contribution in [3.63, 3.8) is 0 Å². The van der Waals surface area contributed by atoms with Crippen molar-refractivity contribution in [1.82, 2.24) is 0 Å². The summed E-state index contributed by atoms with van der Waals surface area (Å²) in [5.41, 5.74) is -11.0. The minimum absolute atomic E-state index is 0.355. The second-order valence-electron chi connectivity index (χ2n) is 12.0. The van der Waals surface area contributed by atoms with Crippen LogP contribution in [-0.4, -0.2) is 72.3 Å². The molecule has 0 aromatic heterocycles. The van der Waals surface area contributed by atoms with Gasteiger partial charge in [-0.05, 0) is 67.1 Å². The summed E-state index contributed by atoms with van der Waals surface area (Å²) in [6.45, 7) is 1.08. The maximum Gasteiger partial charge on any atom is 0.294 e. The van der Waals surface area contributed by atoms with Crippen molar-refractivity contribution in [1.29, 1.82) is 0 Å². The van der Waals surface area contributed by atoms with Gasteiger partial charge in [-0.15, -0.1) is 0 Å². The molecule has 0 saturated carbocycles. The smallest absolute Gasteiger partial charge is 0.294 e. The quantitative estimate of drug-likeness (QED) is 0.0974.